The molecular weight excluding hydrogens is 262 g/mol. The molecule has 0 saturated carbocycles. The highest BCUT2D eigenvalue weighted by atomic mass is 16.2. The maximum absolute atomic E-state index is 11.6. The van der Waals surface area contributed by atoms with E-state index in [1.165, 1.54) is 29.5 Å². The molecule has 1 amide bonds. The van der Waals surface area contributed by atoms with Crippen LogP contribution < -0.4 is 10.9 Å². The van der Waals surface area contributed by atoms with Crippen molar-refractivity contribution < 1.29 is 4.79 Å². The molecule has 2 heterocycles. The maximum Gasteiger partial charge on any atom is 0.267 e. The highest BCUT2D eigenvalue weighted by molar-refractivity contribution is 5.75. The summed E-state index contributed by atoms with van der Waals surface area (Å²) in [4.78, 5) is 27.0. The topological polar surface area (TPSA) is 118 Å². The molecule has 9 heteroatoms. The first-order valence-electron chi connectivity index (χ1n) is 5.77. The lowest BCUT2D eigenvalue weighted by atomic mass is 10.4. The summed E-state index contributed by atoms with van der Waals surface area (Å²) in [5, 5.41) is 18.8. The molecule has 0 bridgehead atoms. The lowest BCUT2D eigenvalue weighted by molar-refractivity contribution is -0.121. The van der Waals surface area contributed by atoms with Crippen molar-refractivity contribution in [3.8, 4) is 11.9 Å². The van der Waals surface area contributed by atoms with Gasteiger partial charge in [-0.1, -0.05) is 0 Å². The predicted molar refractivity (Wildman–Crippen MR) is 66.7 cm³/mol. The Labute approximate surface area is 113 Å². The first kappa shape index (κ1) is 13.4. The Morgan fingerprint density at radius 3 is 3.00 bits per heavy atom. The molecule has 0 aliphatic carbocycles. The fourth-order valence-corrected chi connectivity index (χ4v) is 1.45. The molecule has 0 aliphatic rings. The van der Waals surface area contributed by atoms with Crippen molar-refractivity contribution in [2.24, 2.45) is 0 Å². The van der Waals surface area contributed by atoms with E-state index in [1.807, 2.05) is 6.07 Å². The molecule has 102 valence electrons. The predicted octanol–water partition coefficient (Wildman–Crippen LogP) is -1.15. The van der Waals surface area contributed by atoms with Gasteiger partial charge in [0.15, 0.2) is 5.82 Å². The van der Waals surface area contributed by atoms with Crippen LogP contribution in [0.25, 0.3) is 5.82 Å². The van der Waals surface area contributed by atoms with Gasteiger partial charge in [0, 0.05) is 12.6 Å². The van der Waals surface area contributed by atoms with E-state index < -0.39 is 5.56 Å². The van der Waals surface area contributed by atoms with E-state index in [0.717, 1.165) is 4.68 Å². The summed E-state index contributed by atoms with van der Waals surface area (Å²) in [6.45, 7) is 0.0274. The van der Waals surface area contributed by atoms with Crippen molar-refractivity contribution in [3.05, 3.63) is 35.1 Å². The van der Waals surface area contributed by atoms with Gasteiger partial charge in [-0.25, -0.2) is 14.3 Å². The van der Waals surface area contributed by atoms with Gasteiger partial charge in [0.1, 0.15) is 19.2 Å². The Kier molecular flexibility index (Phi) is 4.18. The molecule has 0 spiro atoms. The molecule has 0 aliphatic heterocycles. The zero-order valence-electron chi connectivity index (χ0n) is 10.4. The van der Waals surface area contributed by atoms with Crippen molar-refractivity contribution >= 4 is 5.91 Å². The van der Waals surface area contributed by atoms with Crippen molar-refractivity contribution in [3.63, 3.8) is 0 Å². The molecule has 9 nitrogen and oxygen atoms in total. The van der Waals surface area contributed by atoms with Gasteiger partial charge < -0.3 is 5.32 Å². The van der Waals surface area contributed by atoms with Gasteiger partial charge in [-0.2, -0.15) is 10.4 Å². The zero-order chi connectivity index (χ0) is 14.4. The molecule has 0 atom stereocenters. The minimum absolute atomic E-state index is 0.215. The summed E-state index contributed by atoms with van der Waals surface area (Å²) in [5.41, 5.74) is -0.399. The molecular formula is C11H11N7O2. The van der Waals surface area contributed by atoms with Crippen molar-refractivity contribution in [1.82, 2.24) is 29.9 Å². The number of amides is 1. The van der Waals surface area contributed by atoms with Gasteiger partial charge in [0.25, 0.3) is 5.56 Å². The summed E-state index contributed by atoms with van der Waals surface area (Å²) in [7, 11) is 0. The average molecular weight is 273 g/mol. The largest absolute Gasteiger partial charge is 0.353 e. The van der Waals surface area contributed by atoms with Gasteiger partial charge in [-0.3, -0.25) is 9.59 Å². The normalized spacial score (nSPS) is 9.95. The van der Waals surface area contributed by atoms with Crippen LogP contribution in [0.1, 0.15) is 6.42 Å². The number of nitriles is 1. The Balaban J connectivity index is 2.12. The van der Waals surface area contributed by atoms with Crippen LogP contribution in [0.5, 0.6) is 0 Å². The lowest BCUT2D eigenvalue weighted by Gasteiger charge is -2.06. The van der Waals surface area contributed by atoms with E-state index in [4.69, 9.17) is 5.26 Å². The Hall–Kier alpha value is -3.02. The second kappa shape index (κ2) is 6.24. The number of hydrogen-bond acceptors (Lipinski definition) is 6. The minimum Gasteiger partial charge on any atom is -0.353 e. The summed E-state index contributed by atoms with van der Waals surface area (Å²) in [5.74, 6) is -0.00230. The van der Waals surface area contributed by atoms with Gasteiger partial charge in [-0.05, 0) is 6.07 Å². The van der Waals surface area contributed by atoms with E-state index >= 15 is 0 Å². The van der Waals surface area contributed by atoms with Crippen LogP contribution in [0.15, 0.2) is 29.6 Å². The molecule has 2 aromatic heterocycles. The van der Waals surface area contributed by atoms with Crippen molar-refractivity contribution in [1.29, 1.82) is 5.26 Å². The molecule has 2 aromatic rings. The van der Waals surface area contributed by atoms with Gasteiger partial charge in [0.05, 0.1) is 12.5 Å². The van der Waals surface area contributed by atoms with Crippen LogP contribution in [-0.2, 0) is 11.3 Å². The quantitative estimate of drug-likeness (QED) is 0.687. The third-order valence-corrected chi connectivity index (χ3v) is 2.36. The molecule has 1 N–H and O–H groups in total. The van der Waals surface area contributed by atoms with Crippen LogP contribution in [0.2, 0.25) is 0 Å². The number of nitrogens with one attached hydrogen (secondary N) is 1. The molecule has 0 aromatic carbocycles. The SMILES string of the molecule is N#CCCNC(=O)Cn1nc(-n2cncn2)ccc1=O. The second-order valence-corrected chi connectivity index (χ2v) is 3.79. The zero-order valence-corrected chi connectivity index (χ0v) is 10.4. The summed E-state index contributed by atoms with van der Waals surface area (Å²) in [6, 6.07) is 4.69. The molecule has 0 unspecified atom stereocenters. The monoisotopic (exact) mass is 273 g/mol. The Morgan fingerprint density at radius 1 is 1.45 bits per heavy atom. The minimum atomic E-state index is -0.399. The van der Waals surface area contributed by atoms with Crippen LogP contribution in [0.3, 0.4) is 0 Å². The lowest BCUT2D eigenvalue weighted by Crippen LogP contribution is -2.34. The molecule has 0 radical (unpaired) electrons. The van der Waals surface area contributed by atoms with Gasteiger partial charge in [-0.15, -0.1) is 5.10 Å². The average Bonchev–Trinajstić information content (AvgIpc) is 2.95. The fraction of sp³-hybridized carbons (Fsp3) is 0.273. The standard InChI is InChI=1S/C11H11N7O2/c12-4-1-5-14-10(19)6-17-11(20)3-2-9(16-17)18-8-13-7-15-18/h2-3,7-8H,1,5-6H2,(H,14,19). The van der Waals surface area contributed by atoms with E-state index in [9.17, 15) is 9.59 Å². The van der Waals surface area contributed by atoms with Crippen molar-refractivity contribution in [2.75, 3.05) is 6.54 Å². The highest BCUT2D eigenvalue weighted by Gasteiger charge is 2.07. The first-order chi connectivity index (χ1) is 9.70. The number of nitrogens with zero attached hydrogens (tertiary/aromatic N) is 6. The van der Waals surface area contributed by atoms with Gasteiger partial charge in [0.2, 0.25) is 5.91 Å². The molecule has 0 saturated heterocycles. The summed E-state index contributed by atoms with van der Waals surface area (Å²) >= 11 is 0. The number of carbonyl (C=O) groups excluding carboxylic acids is 1. The molecule has 0 fully saturated rings. The van der Waals surface area contributed by atoms with E-state index in [2.05, 4.69) is 20.5 Å². The third-order valence-electron chi connectivity index (χ3n) is 2.36. The first-order valence-corrected chi connectivity index (χ1v) is 5.77. The Morgan fingerprint density at radius 2 is 2.30 bits per heavy atom. The maximum atomic E-state index is 11.6. The van der Waals surface area contributed by atoms with Crippen LogP contribution in [0.4, 0.5) is 0 Å². The molecule has 20 heavy (non-hydrogen) atoms. The highest BCUT2D eigenvalue weighted by Crippen LogP contribution is 1.96. The second-order valence-electron chi connectivity index (χ2n) is 3.79. The van der Waals surface area contributed by atoms with Crippen molar-refractivity contribution in [2.45, 2.75) is 13.0 Å². The van der Waals surface area contributed by atoms with Gasteiger partial charge >= 0.3 is 0 Å². The summed E-state index contributed by atoms with van der Waals surface area (Å²) < 4.78 is 2.41. The smallest absolute Gasteiger partial charge is 0.267 e. The third kappa shape index (κ3) is 3.26. The van der Waals surface area contributed by atoms with E-state index in [0.29, 0.717) is 5.82 Å². The van der Waals surface area contributed by atoms with Crippen LogP contribution in [-0.4, -0.2) is 37.0 Å². The Bertz CT molecular complexity index is 684. The number of rotatable bonds is 5. The fourth-order valence-electron chi connectivity index (χ4n) is 1.45. The van der Waals surface area contributed by atoms with Crippen LogP contribution >= 0.6 is 0 Å². The van der Waals surface area contributed by atoms with E-state index in [-0.39, 0.29) is 25.4 Å². The number of hydrogen-bond donors (Lipinski definition) is 1. The summed E-state index contributed by atoms with van der Waals surface area (Å²) in [6.07, 6.45) is 2.99. The number of aromatic nitrogens is 5. The molecule has 2 rings (SSSR count). The van der Waals surface area contributed by atoms with E-state index in [1.54, 1.807) is 0 Å². The number of carbonyl (C=O) groups is 1. The van der Waals surface area contributed by atoms with Crippen LogP contribution in [0, 0.1) is 11.3 Å².